The Kier molecular flexibility index (Phi) is 15.3. The monoisotopic (exact) mass is 750 g/mol. The minimum Gasteiger partial charge on any atom is -0.496 e. The second kappa shape index (κ2) is 19.6. The van der Waals surface area contributed by atoms with Crippen molar-refractivity contribution in [3.05, 3.63) is 45.4 Å². The third-order valence-corrected chi connectivity index (χ3v) is 9.88. The topological polar surface area (TPSA) is 188 Å². The van der Waals surface area contributed by atoms with Crippen LogP contribution in [0, 0.1) is 11.8 Å². The van der Waals surface area contributed by atoms with Crippen LogP contribution in [0.1, 0.15) is 52.8 Å². The van der Waals surface area contributed by atoms with E-state index in [9.17, 15) is 19.2 Å². The van der Waals surface area contributed by atoms with E-state index in [1.165, 1.54) is 38.5 Å². The van der Waals surface area contributed by atoms with Gasteiger partial charge in [-0.25, -0.2) is 9.59 Å². The summed E-state index contributed by atoms with van der Waals surface area (Å²) in [7, 11) is 2.88. The van der Waals surface area contributed by atoms with Gasteiger partial charge in [0.1, 0.15) is 35.8 Å². The van der Waals surface area contributed by atoms with Gasteiger partial charge < -0.3 is 41.0 Å². The molecule has 0 aliphatic carbocycles. The van der Waals surface area contributed by atoms with Crippen LogP contribution in [0.5, 0.6) is 11.5 Å². The van der Waals surface area contributed by atoms with E-state index in [0.717, 1.165) is 26.2 Å². The molecule has 51 heavy (non-hydrogen) atoms. The van der Waals surface area contributed by atoms with Gasteiger partial charge in [0.15, 0.2) is 0 Å². The average molecular weight is 752 g/mol. The number of amides is 2. The van der Waals surface area contributed by atoms with E-state index in [0.29, 0.717) is 81.2 Å². The van der Waals surface area contributed by atoms with Crippen LogP contribution in [0.3, 0.4) is 0 Å². The number of hydrogen-bond donors (Lipinski definition) is 4. The minimum absolute atomic E-state index is 0.0224. The van der Waals surface area contributed by atoms with Gasteiger partial charge in [-0.1, -0.05) is 23.2 Å². The van der Waals surface area contributed by atoms with Crippen molar-refractivity contribution in [2.45, 2.75) is 32.1 Å². The first kappa shape index (κ1) is 39.8. The number of rotatable bonds is 16. The highest BCUT2D eigenvalue weighted by molar-refractivity contribution is 6.34. The maximum Gasteiger partial charge on any atom is 0.342 e. The number of hydrogen-bond acceptors (Lipinski definition) is 12. The molecule has 2 aromatic rings. The smallest absolute Gasteiger partial charge is 0.342 e. The summed E-state index contributed by atoms with van der Waals surface area (Å²) in [6.07, 6.45) is 3.49. The van der Waals surface area contributed by atoms with Crippen molar-refractivity contribution >= 4 is 58.3 Å². The lowest BCUT2D eigenvalue weighted by atomic mass is 9.95. The summed E-state index contributed by atoms with van der Waals surface area (Å²) in [5.74, 6) is -0.590. The van der Waals surface area contributed by atoms with Gasteiger partial charge in [-0.15, -0.1) is 0 Å². The number of carbonyl (C=O) groups is 4. The molecule has 0 radical (unpaired) electrons. The Morgan fingerprint density at radius 1 is 0.686 bits per heavy atom. The maximum absolute atomic E-state index is 12.7. The Balaban J connectivity index is 1.02. The maximum atomic E-state index is 12.7. The average Bonchev–Trinajstić information content (AvgIpc) is 3.13. The molecule has 2 aliphatic rings. The zero-order chi connectivity index (χ0) is 36.9. The van der Waals surface area contributed by atoms with Gasteiger partial charge in [0.2, 0.25) is 11.8 Å². The Bertz CT molecular complexity index is 1420. The van der Waals surface area contributed by atoms with Gasteiger partial charge in [-0.2, -0.15) is 0 Å². The van der Waals surface area contributed by atoms with Crippen LogP contribution >= 0.6 is 23.2 Å². The van der Waals surface area contributed by atoms with Crippen molar-refractivity contribution in [3.8, 4) is 11.5 Å². The summed E-state index contributed by atoms with van der Waals surface area (Å²) < 4.78 is 21.3. The van der Waals surface area contributed by atoms with Crippen molar-refractivity contribution in [1.82, 2.24) is 20.4 Å². The number of esters is 2. The van der Waals surface area contributed by atoms with Crippen molar-refractivity contribution in [3.63, 3.8) is 0 Å². The zero-order valence-corrected chi connectivity index (χ0v) is 30.7. The number of carbonyl (C=O) groups excluding carboxylic acids is 4. The van der Waals surface area contributed by atoms with Gasteiger partial charge in [-0.05, 0) is 70.4 Å². The van der Waals surface area contributed by atoms with Gasteiger partial charge in [0.05, 0.1) is 35.6 Å². The number of nitrogens with zero attached hydrogens (tertiary/aromatic N) is 2. The molecule has 6 N–H and O–H groups in total. The zero-order valence-electron chi connectivity index (χ0n) is 29.1. The molecule has 4 rings (SSSR count). The lowest BCUT2D eigenvalue weighted by Crippen LogP contribution is -2.43. The molecule has 2 saturated heterocycles. The summed E-state index contributed by atoms with van der Waals surface area (Å²) in [5, 5.41) is 6.50. The van der Waals surface area contributed by atoms with Gasteiger partial charge in [0.25, 0.3) is 0 Å². The number of ether oxygens (including phenoxy) is 4. The quantitative estimate of drug-likeness (QED) is 0.112. The number of piperidine rings is 2. The number of likely N-dealkylation sites (tertiary alicyclic amines) is 2. The molecular weight excluding hydrogens is 703 g/mol. The fourth-order valence-electron chi connectivity index (χ4n) is 6.12. The highest BCUT2D eigenvalue weighted by Crippen LogP contribution is 2.30. The Hall–Kier alpha value is -3.98. The largest absolute Gasteiger partial charge is 0.496 e. The Morgan fingerprint density at radius 2 is 1.06 bits per heavy atom. The predicted molar refractivity (Wildman–Crippen MR) is 194 cm³/mol. The third-order valence-electron chi connectivity index (χ3n) is 9.23. The van der Waals surface area contributed by atoms with Crippen molar-refractivity contribution < 1.29 is 38.1 Å². The molecule has 14 nitrogen and oxygen atoms in total. The molecular formula is C35H48Cl2N6O8. The SMILES string of the molecule is COc1cc(N)c(Cl)cc1C(=O)OCCN1CCC(C(=O)NCCCNC(=O)C2CCN(CCOC(=O)c3cc(Cl)c(N)cc3OC)CC2)CC1. The van der Waals surface area contributed by atoms with E-state index in [1.807, 2.05) is 0 Å². The van der Waals surface area contributed by atoms with Crippen molar-refractivity contribution in [2.75, 3.05) is 91.3 Å². The summed E-state index contributed by atoms with van der Waals surface area (Å²) >= 11 is 12.1. The van der Waals surface area contributed by atoms with E-state index in [4.69, 9.17) is 53.6 Å². The molecule has 2 fully saturated rings. The number of nitrogen functional groups attached to an aromatic ring is 2. The van der Waals surface area contributed by atoms with E-state index in [-0.39, 0.29) is 58.0 Å². The number of nitrogens with two attached hydrogens (primary N) is 2. The Morgan fingerprint density at radius 3 is 1.41 bits per heavy atom. The molecule has 2 heterocycles. The predicted octanol–water partition coefficient (Wildman–Crippen LogP) is 3.24. The molecule has 0 bridgehead atoms. The molecule has 16 heteroatoms. The van der Waals surface area contributed by atoms with E-state index < -0.39 is 11.9 Å². The lowest BCUT2D eigenvalue weighted by Gasteiger charge is -2.31. The van der Waals surface area contributed by atoms with Crippen LogP contribution in [0.25, 0.3) is 0 Å². The lowest BCUT2D eigenvalue weighted by molar-refractivity contribution is -0.126. The fraction of sp³-hybridized carbons (Fsp3) is 0.543. The summed E-state index contributed by atoms with van der Waals surface area (Å²) in [6.45, 7) is 5.36. The molecule has 0 unspecified atom stereocenters. The molecule has 2 aliphatic heterocycles. The first-order valence-electron chi connectivity index (χ1n) is 17.1. The summed E-state index contributed by atoms with van der Waals surface area (Å²) in [5.41, 5.74) is 12.6. The Labute approximate surface area is 308 Å². The molecule has 0 atom stereocenters. The molecule has 2 amide bonds. The van der Waals surface area contributed by atoms with Crippen LogP contribution in [0.15, 0.2) is 24.3 Å². The van der Waals surface area contributed by atoms with E-state index in [2.05, 4.69) is 20.4 Å². The van der Waals surface area contributed by atoms with Gasteiger partial charge >= 0.3 is 11.9 Å². The van der Waals surface area contributed by atoms with Crippen LogP contribution in [-0.4, -0.2) is 113 Å². The molecule has 0 saturated carbocycles. The highest BCUT2D eigenvalue weighted by Gasteiger charge is 2.27. The summed E-state index contributed by atoms with van der Waals surface area (Å²) in [6, 6.07) is 5.85. The van der Waals surface area contributed by atoms with Crippen LogP contribution in [0.4, 0.5) is 11.4 Å². The highest BCUT2D eigenvalue weighted by atomic mass is 35.5. The third kappa shape index (κ3) is 11.5. The molecule has 2 aromatic carbocycles. The number of nitrogens with one attached hydrogen (secondary N) is 2. The van der Waals surface area contributed by atoms with Crippen LogP contribution in [0.2, 0.25) is 10.0 Å². The number of methoxy groups -OCH3 is 2. The second-order valence-electron chi connectivity index (χ2n) is 12.6. The van der Waals surface area contributed by atoms with E-state index >= 15 is 0 Å². The minimum atomic E-state index is -0.540. The molecule has 280 valence electrons. The van der Waals surface area contributed by atoms with E-state index in [1.54, 1.807) is 0 Å². The fourth-order valence-corrected chi connectivity index (χ4v) is 6.45. The first-order valence-corrected chi connectivity index (χ1v) is 17.9. The number of benzene rings is 2. The van der Waals surface area contributed by atoms with Crippen molar-refractivity contribution in [1.29, 1.82) is 0 Å². The molecule has 0 spiro atoms. The number of anilines is 2. The van der Waals surface area contributed by atoms with Crippen LogP contribution in [-0.2, 0) is 19.1 Å². The van der Waals surface area contributed by atoms with Gasteiger partial charge in [-0.3, -0.25) is 19.4 Å². The molecule has 0 aromatic heterocycles. The summed E-state index contributed by atoms with van der Waals surface area (Å²) in [4.78, 5) is 54.9. The van der Waals surface area contributed by atoms with Crippen LogP contribution < -0.4 is 31.6 Å². The van der Waals surface area contributed by atoms with Crippen molar-refractivity contribution in [2.24, 2.45) is 11.8 Å². The second-order valence-corrected chi connectivity index (χ2v) is 13.4. The standard InChI is InChI=1S/C35H48Cl2N6O8/c1-48-30-20-28(38)26(36)18-24(30)34(46)50-16-14-42-10-4-22(5-11-42)32(44)40-8-3-9-41-33(45)23-6-12-43(13-7-23)15-17-51-35(47)25-19-27(37)29(39)21-31(25)49-2/h18-23H,3-17,38-39H2,1-2H3,(H,40,44)(H,41,45). The van der Waals surface area contributed by atoms with Gasteiger partial charge in [0, 0.05) is 50.1 Å². The normalized spacial score (nSPS) is 15.9. The first-order chi connectivity index (χ1) is 24.5. The number of halogens is 2.